The average molecular weight is 185 g/mol. The van der Waals surface area contributed by atoms with Gasteiger partial charge < -0.3 is 5.21 Å². The Kier molecular flexibility index (Phi) is 2.65. The highest BCUT2D eigenvalue weighted by Crippen LogP contribution is 2.19. The number of imidazole rings is 1. The molecule has 0 fully saturated rings. The van der Waals surface area contributed by atoms with Gasteiger partial charge in [0.05, 0.1) is 5.41 Å². The van der Waals surface area contributed by atoms with Crippen LogP contribution in [0.2, 0.25) is 0 Å². The van der Waals surface area contributed by atoms with E-state index >= 15 is 0 Å². The molecule has 4 nitrogen and oxygen atoms in total. The van der Waals surface area contributed by atoms with Crippen molar-refractivity contribution in [1.29, 1.82) is 0 Å². The minimum Gasteiger partial charge on any atom is -0.409 e. The van der Waals surface area contributed by atoms with Crippen LogP contribution in [0, 0.1) is 5.41 Å². The molecule has 0 aliphatic rings. The summed E-state index contributed by atoms with van der Waals surface area (Å²) < 4.78 is 14.1. The third-order valence-corrected chi connectivity index (χ3v) is 1.78. The lowest BCUT2D eigenvalue weighted by molar-refractivity contribution is 0.287. The molecule has 72 valence electrons. The highest BCUT2D eigenvalue weighted by Gasteiger charge is 2.27. The van der Waals surface area contributed by atoms with Gasteiger partial charge in [-0.2, -0.15) is 0 Å². The van der Waals surface area contributed by atoms with Crippen molar-refractivity contribution in [3.8, 4) is 0 Å². The van der Waals surface area contributed by atoms with E-state index in [4.69, 9.17) is 5.21 Å². The number of hydrogen-bond donors (Lipinski definition) is 1. The van der Waals surface area contributed by atoms with Gasteiger partial charge in [-0.3, -0.25) is 8.96 Å². The first kappa shape index (κ1) is 9.70. The summed E-state index contributed by atoms with van der Waals surface area (Å²) in [6.07, 6.45) is 4.61. The van der Waals surface area contributed by atoms with Crippen molar-refractivity contribution < 1.29 is 9.60 Å². The normalized spacial score (nSPS) is 13.3. The zero-order valence-electron chi connectivity index (χ0n) is 7.61. The van der Waals surface area contributed by atoms with E-state index in [9.17, 15) is 4.39 Å². The molecule has 0 radical (unpaired) electrons. The van der Waals surface area contributed by atoms with Crippen LogP contribution in [0.1, 0.15) is 13.8 Å². The number of halogens is 1. The third kappa shape index (κ3) is 1.85. The standard InChI is InChI=1S/C8H12FN3O/c1-8(2,5-9)7(11-13)12-4-3-10-6-12/h3-4,6,13H,5H2,1-2H3/b11-7-. The first-order valence-electron chi connectivity index (χ1n) is 3.88. The largest absolute Gasteiger partial charge is 0.409 e. The van der Waals surface area contributed by atoms with E-state index < -0.39 is 12.1 Å². The second-order valence-electron chi connectivity index (χ2n) is 3.41. The number of hydrogen-bond acceptors (Lipinski definition) is 3. The molecule has 0 amide bonds. The van der Waals surface area contributed by atoms with Crippen LogP contribution >= 0.6 is 0 Å². The molecule has 0 saturated carbocycles. The van der Waals surface area contributed by atoms with Crippen molar-refractivity contribution in [2.24, 2.45) is 10.6 Å². The van der Waals surface area contributed by atoms with Gasteiger partial charge in [-0.1, -0.05) is 19.0 Å². The van der Waals surface area contributed by atoms with Gasteiger partial charge in [0.2, 0.25) is 0 Å². The number of rotatable bonds is 2. The molecule has 0 aliphatic heterocycles. The Labute approximate surface area is 75.7 Å². The molecule has 0 aromatic carbocycles. The van der Waals surface area contributed by atoms with Gasteiger partial charge in [0.15, 0.2) is 5.84 Å². The predicted octanol–water partition coefficient (Wildman–Crippen LogP) is 1.51. The van der Waals surface area contributed by atoms with Crippen molar-refractivity contribution >= 4 is 5.84 Å². The molecule has 0 atom stereocenters. The quantitative estimate of drug-likeness (QED) is 0.328. The van der Waals surface area contributed by atoms with Gasteiger partial charge >= 0.3 is 0 Å². The van der Waals surface area contributed by atoms with Gasteiger partial charge in [-0.25, -0.2) is 4.98 Å². The molecule has 1 N–H and O–H groups in total. The summed E-state index contributed by atoms with van der Waals surface area (Å²) in [5, 5.41) is 11.8. The van der Waals surface area contributed by atoms with Crippen molar-refractivity contribution in [1.82, 2.24) is 9.55 Å². The number of aromatic nitrogens is 2. The van der Waals surface area contributed by atoms with E-state index in [0.717, 1.165) is 0 Å². The van der Waals surface area contributed by atoms with E-state index in [1.165, 1.54) is 10.9 Å². The van der Waals surface area contributed by atoms with E-state index in [2.05, 4.69) is 10.1 Å². The minimum absolute atomic E-state index is 0.243. The Bertz CT molecular complexity index is 292. The molecule has 1 heterocycles. The lowest BCUT2D eigenvalue weighted by Gasteiger charge is -2.21. The molecule has 13 heavy (non-hydrogen) atoms. The molecular weight excluding hydrogens is 173 g/mol. The Morgan fingerprint density at radius 2 is 2.38 bits per heavy atom. The van der Waals surface area contributed by atoms with E-state index in [0.29, 0.717) is 0 Å². The molecule has 0 unspecified atom stereocenters. The number of alkyl halides is 1. The van der Waals surface area contributed by atoms with Crippen molar-refractivity contribution in [2.75, 3.05) is 6.67 Å². The highest BCUT2D eigenvalue weighted by atomic mass is 19.1. The van der Waals surface area contributed by atoms with Crippen LogP contribution < -0.4 is 0 Å². The van der Waals surface area contributed by atoms with Crippen LogP contribution in [0.25, 0.3) is 0 Å². The number of oxime groups is 1. The molecule has 1 rings (SSSR count). The monoisotopic (exact) mass is 185 g/mol. The van der Waals surface area contributed by atoms with Gasteiger partial charge in [0.1, 0.15) is 13.0 Å². The average Bonchev–Trinajstić information content (AvgIpc) is 2.58. The van der Waals surface area contributed by atoms with Crippen LogP contribution in [-0.4, -0.2) is 27.3 Å². The summed E-state index contributed by atoms with van der Waals surface area (Å²) in [5.74, 6) is 0.243. The Balaban J connectivity index is 3.01. The summed E-state index contributed by atoms with van der Waals surface area (Å²) in [7, 11) is 0. The fraction of sp³-hybridized carbons (Fsp3) is 0.500. The lowest BCUT2D eigenvalue weighted by atomic mass is 9.94. The first-order valence-corrected chi connectivity index (χ1v) is 3.88. The maximum absolute atomic E-state index is 12.6. The summed E-state index contributed by atoms with van der Waals surface area (Å²) in [6.45, 7) is 2.72. The molecular formula is C8H12FN3O. The molecule has 1 aromatic rings. The van der Waals surface area contributed by atoms with Crippen LogP contribution in [0.3, 0.4) is 0 Å². The van der Waals surface area contributed by atoms with Gasteiger partial charge in [0, 0.05) is 12.4 Å². The molecule has 5 heteroatoms. The zero-order chi connectivity index (χ0) is 9.90. The van der Waals surface area contributed by atoms with E-state index in [1.54, 1.807) is 26.2 Å². The summed E-state index contributed by atoms with van der Waals surface area (Å²) in [5.41, 5.74) is -0.810. The van der Waals surface area contributed by atoms with Gasteiger partial charge in [-0.15, -0.1) is 0 Å². The van der Waals surface area contributed by atoms with Gasteiger partial charge in [0.25, 0.3) is 0 Å². The minimum atomic E-state index is -0.810. The smallest absolute Gasteiger partial charge is 0.161 e. The summed E-state index contributed by atoms with van der Waals surface area (Å²) in [6, 6.07) is 0. The Morgan fingerprint density at radius 1 is 1.69 bits per heavy atom. The Hall–Kier alpha value is -1.39. The van der Waals surface area contributed by atoms with Crippen LogP contribution in [0.15, 0.2) is 23.9 Å². The second kappa shape index (κ2) is 3.55. The molecule has 0 spiro atoms. The summed E-state index contributed by atoms with van der Waals surface area (Å²) >= 11 is 0. The maximum Gasteiger partial charge on any atom is 0.161 e. The van der Waals surface area contributed by atoms with E-state index in [-0.39, 0.29) is 5.84 Å². The fourth-order valence-electron chi connectivity index (χ4n) is 0.981. The fourth-order valence-corrected chi connectivity index (χ4v) is 0.981. The zero-order valence-corrected chi connectivity index (χ0v) is 7.61. The molecule has 0 bridgehead atoms. The molecule has 1 aromatic heterocycles. The molecule has 0 aliphatic carbocycles. The first-order chi connectivity index (χ1) is 6.11. The van der Waals surface area contributed by atoms with E-state index in [1.807, 2.05) is 0 Å². The third-order valence-electron chi connectivity index (χ3n) is 1.78. The van der Waals surface area contributed by atoms with Crippen molar-refractivity contribution in [2.45, 2.75) is 13.8 Å². The van der Waals surface area contributed by atoms with Crippen LogP contribution in [0.4, 0.5) is 4.39 Å². The maximum atomic E-state index is 12.6. The predicted molar refractivity (Wildman–Crippen MR) is 46.6 cm³/mol. The second-order valence-corrected chi connectivity index (χ2v) is 3.41. The number of nitrogens with zero attached hydrogens (tertiary/aromatic N) is 3. The highest BCUT2D eigenvalue weighted by molar-refractivity contribution is 5.89. The molecule has 0 saturated heterocycles. The summed E-state index contributed by atoms with van der Waals surface area (Å²) in [4.78, 5) is 3.79. The van der Waals surface area contributed by atoms with Crippen LogP contribution in [-0.2, 0) is 0 Å². The van der Waals surface area contributed by atoms with Crippen molar-refractivity contribution in [3.63, 3.8) is 0 Å². The van der Waals surface area contributed by atoms with Crippen molar-refractivity contribution in [3.05, 3.63) is 18.7 Å². The van der Waals surface area contributed by atoms with Crippen LogP contribution in [0.5, 0.6) is 0 Å². The Morgan fingerprint density at radius 3 is 2.77 bits per heavy atom. The SMILES string of the molecule is CC(C)(CF)/C(=N/O)n1ccnc1. The lowest BCUT2D eigenvalue weighted by Crippen LogP contribution is -2.31. The van der Waals surface area contributed by atoms with Gasteiger partial charge in [-0.05, 0) is 0 Å². The topological polar surface area (TPSA) is 50.4 Å².